The monoisotopic (exact) mass is 235 g/mol. The van der Waals surface area contributed by atoms with E-state index in [1.54, 1.807) is 0 Å². The minimum atomic E-state index is -0.00988. The van der Waals surface area contributed by atoms with Crippen LogP contribution in [0, 0.1) is 0 Å². The van der Waals surface area contributed by atoms with Crippen LogP contribution in [0.3, 0.4) is 0 Å². The third kappa shape index (κ3) is 2.46. The molecule has 2 fully saturated rings. The summed E-state index contributed by atoms with van der Waals surface area (Å²) < 4.78 is 8.07. The highest BCUT2D eigenvalue weighted by Crippen LogP contribution is 2.34. The molecule has 4 heteroatoms. The lowest BCUT2D eigenvalue weighted by Crippen LogP contribution is -2.35. The van der Waals surface area contributed by atoms with Gasteiger partial charge in [0.25, 0.3) is 0 Å². The van der Waals surface area contributed by atoms with Gasteiger partial charge in [-0.15, -0.1) is 0 Å². The second-order valence-electron chi connectivity index (χ2n) is 5.83. The van der Waals surface area contributed by atoms with Crippen LogP contribution >= 0.6 is 0 Å². The number of nitrogens with zero attached hydrogens (tertiary/aromatic N) is 2. The zero-order valence-electron chi connectivity index (χ0n) is 10.6. The maximum absolute atomic E-state index is 5.77. The molecule has 3 rings (SSSR count). The Hall–Kier alpha value is -1.03. The van der Waals surface area contributed by atoms with Gasteiger partial charge in [-0.1, -0.05) is 0 Å². The van der Waals surface area contributed by atoms with E-state index in [0.717, 1.165) is 25.4 Å². The summed E-state index contributed by atoms with van der Waals surface area (Å²) in [6, 6.07) is 1.17. The zero-order valence-corrected chi connectivity index (χ0v) is 10.6. The Morgan fingerprint density at radius 3 is 2.94 bits per heavy atom. The number of anilines is 1. The SMILES string of the molecule is CC1(C)CC(n2ccnc2NC2CC2)CCO1. The predicted octanol–water partition coefficient (Wildman–Crippen LogP) is 2.59. The summed E-state index contributed by atoms with van der Waals surface area (Å²) in [5.74, 6) is 1.04. The Morgan fingerprint density at radius 2 is 2.24 bits per heavy atom. The summed E-state index contributed by atoms with van der Waals surface area (Å²) in [5.41, 5.74) is -0.00988. The molecule has 1 atom stereocenters. The molecule has 1 saturated heterocycles. The Balaban J connectivity index is 1.75. The average Bonchev–Trinajstić information content (AvgIpc) is 2.93. The van der Waals surface area contributed by atoms with E-state index in [-0.39, 0.29) is 5.60 Å². The third-order valence-corrected chi connectivity index (χ3v) is 3.64. The van der Waals surface area contributed by atoms with Crippen molar-refractivity contribution in [2.45, 2.75) is 57.2 Å². The molecule has 1 saturated carbocycles. The molecular weight excluding hydrogens is 214 g/mol. The molecule has 1 aliphatic heterocycles. The van der Waals surface area contributed by atoms with Crippen LogP contribution in [0.15, 0.2) is 12.4 Å². The maximum Gasteiger partial charge on any atom is 0.203 e. The lowest BCUT2D eigenvalue weighted by Gasteiger charge is -2.36. The summed E-state index contributed by atoms with van der Waals surface area (Å²) in [5, 5.41) is 3.50. The number of hydrogen-bond acceptors (Lipinski definition) is 3. The molecule has 17 heavy (non-hydrogen) atoms. The Morgan fingerprint density at radius 1 is 1.41 bits per heavy atom. The number of imidazole rings is 1. The summed E-state index contributed by atoms with van der Waals surface area (Å²) >= 11 is 0. The van der Waals surface area contributed by atoms with Gasteiger partial charge in [0, 0.05) is 31.1 Å². The summed E-state index contributed by atoms with van der Waals surface area (Å²) in [6.07, 6.45) is 8.70. The normalized spacial score (nSPS) is 28.0. The fourth-order valence-electron chi connectivity index (χ4n) is 2.57. The van der Waals surface area contributed by atoms with Crippen molar-refractivity contribution in [1.29, 1.82) is 0 Å². The first kappa shape index (κ1) is 11.1. The van der Waals surface area contributed by atoms with E-state index in [1.165, 1.54) is 12.8 Å². The Kier molecular flexibility index (Phi) is 2.62. The van der Waals surface area contributed by atoms with Crippen molar-refractivity contribution in [3.05, 3.63) is 12.4 Å². The Bertz CT molecular complexity index is 395. The van der Waals surface area contributed by atoms with Gasteiger partial charge in [-0.05, 0) is 39.5 Å². The van der Waals surface area contributed by atoms with Crippen molar-refractivity contribution in [1.82, 2.24) is 9.55 Å². The smallest absolute Gasteiger partial charge is 0.203 e. The van der Waals surface area contributed by atoms with E-state index < -0.39 is 0 Å². The van der Waals surface area contributed by atoms with E-state index in [4.69, 9.17) is 4.74 Å². The number of rotatable bonds is 3. The first-order chi connectivity index (χ1) is 8.14. The maximum atomic E-state index is 5.77. The second-order valence-corrected chi connectivity index (χ2v) is 5.83. The van der Waals surface area contributed by atoms with Gasteiger partial charge in [-0.3, -0.25) is 0 Å². The number of ether oxygens (including phenoxy) is 1. The van der Waals surface area contributed by atoms with Crippen LogP contribution in [0.2, 0.25) is 0 Å². The molecule has 1 unspecified atom stereocenters. The highest BCUT2D eigenvalue weighted by atomic mass is 16.5. The Labute approximate surface area is 102 Å². The van der Waals surface area contributed by atoms with Crippen LogP contribution in [0.25, 0.3) is 0 Å². The van der Waals surface area contributed by atoms with Gasteiger partial charge < -0.3 is 14.6 Å². The molecule has 2 aliphatic rings. The molecule has 0 amide bonds. The molecule has 1 N–H and O–H groups in total. The van der Waals surface area contributed by atoms with E-state index >= 15 is 0 Å². The van der Waals surface area contributed by atoms with Gasteiger partial charge in [-0.2, -0.15) is 0 Å². The van der Waals surface area contributed by atoms with E-state index in [2.05, 4.69) is 34.9 Å². The fourth-order valence-corrected chi connectivity index (χ4v) is 2.57. The van der Waals surface area contributed by atoms with Crippen molar-refractivity contribution in [3.63, 3.8) is 0 Å². The summed E-state index contributed by atoms with van der Waals surface area (Å²) in [4.78, 5) is 4.43. The van der Waals surface area contributed by atoms with Crippen molar-refractivity contribution in [3.8, 4) is 0 Å². The largest absolute Gasteiger partial charge is 0.375 e. The van der Waals surface area contributed by atoms with E-state index in [0.29, 0.717) is 12.1 Å². The molecule has 94 valence electrons. The van der Waals surface area contributed by atoms with Gasteiger partial charge in [0.05, 0.1) is 5.60 Å². The first-order valence-electron chi connectivity index (χ1n) is 6.57. The molecule has 1 aromatic heterocycles. The fraction of sp³-hybridized carbons (Fsp3) is 0.769. The topological polar surface area (TPSA) is 39.1 Å². The van der Waals surface area contributed by atoms with Gasteiger partial charge in [0.15, 0.2) is 0 Å². The van der Waals surface area contributed by atoms with Crippen LogP contribution in [0.5, 0.6) is 0 Å². The molecule has 0 radical (unpaired) electrons. The number of nitrogens with one attached hydrogen (secondary N) is 1. The van der Waals surface area contributed by atoms with Crippen molar-refractivity contribution in [2.24, 2.45) is 0 Å². The van der Waals surface area contributed by atoms with Crippen LogP contribution in [-0.4, -0.2) is 27.8 Å². The van der Waals surface area contributed by atoms with Gasteiger partial charge in [0.1, 0.15) is 0 Å². The molecule has 2 heterocycles. The average molecular weight is 235 g/mol. The molecular formula is C13H21N3O. The summed E-state index contributed by atoms with van der Waals surface area (Å²) in [7, 11) is 0. The summed E-state index contributed by atoms with van der Waals surface area (Å²) in [6.45, 7) is 5.19. The van der Waals surface area contributed by atoms with Crippen LogP contribution in [-0.2, 0) is 4.74 Å². The quantitative estimate of drug-likeness (QED) is 0.875. The van der Waals surface area contributed by atoms with Crippen molar-refractivity contribution < 1.29 is 4.74 Å². The van der Waals surface area contributed by atoms with Crippen molar-refractivity contribution in [2.75, 3.05) is 11.9 Å². The first-order valence-corrected chi connectivity index (χ1v) is 6.57. The predicted molar refractivity (Wildman–Crippen MR) is 67.2 cm³/mol. The number of hydrogen-bond donors (Lipinski definition) is 1. The molecule has 4 nitrogen and oxygen atoms in total. The van der Waals surface area contributed by atoms with Crippen LogP contribution < -0.4 is 5.32 Å². The lowest BCUT2D eigenvalue weighted by atomic mass is 9.94. The minimum absolute atomic E-state index is 0.00988. The molecule has 1 aliphatic carbocycles. The van der Waals surface area contributed by atoms with E-state index in [9.17, 15) is 0 Å². The highest BCUT2D eigenvalue weighted by molar-refractivity contribution is 5.30. The third-order valence-electron chi connectivity index (χ3n) is 3.64. The number of aromatic nitrogens is 2. The molecule has 0 bridgehead atoms. The minimum Gasteiger partial charge on any atom is -0.375 e. The van der Waals surface area contributed by atoms with Gasteiger partial charge in [-0.25, -0.2) is 4.98 Å². The molecule has 0 aromatic carbocycles. The van der Waals surface area contributed by atoms with E-state index in [1.807, 2.05) is 6.20 Å². The molecule has 1 aromatic rings. The molecule has 0 spiro atoms. The highest BCUT2D eigenvalue weighted by Gasteiger charge is 2.31. The van der Waals surface area contributed by atoms with Gasteiger partial charge >= 0.3 is 0 Å². The second kappa shape index (κ2) is 4.02. The van der Waals surface area contributed by atoms with Crippen molar-refractivity contribution >= 4 is 5.95 Å². The van der Waals surface area contributed by atoms with Crippen LogP contribution in [0.1, 0.15) is 45.6 Å². The standard InChI is InChI=1S/C13H21N3O/c1-13(2)9-11(5-8-17-13)16-7-6-14-12(16)15-10-3-4-10/h6-7,10-11H,3-5,8-9H2,1-2H3,(H,14,15). The van der Waals surface area contributed by atoms with Crippen LogP contribution in [0.4, 0.5) is 5.95 Å². The lowest BCUT2D eigenvalue weighted by molar-refractivity contribution is -0.0688. The van der Waals surface area contributed by atoms with Gasteiger partial charge in [0.2, 0.25) is 5.95 Å². The zero-order chi connectivity index (χ0) is 11.9.